The van der Waals surface area contributed by atoms with E-state index < -0.39 is 0 Å². The lowest BCUT2D eigenvalue weighted by molar-refractivity contribution is 0.132. The van der Waals surface area contributed by atoms with Crippen LogP contribution in [-0.4, -0.2) is 11.2 Å². The molecule has 1 unspecified atom stereocenters. The quantitative estimate of drug-likeness (QED) is 0.526. The molecule has 11 heavy (non-hydrogen) atoms. The van der Waals surface area contributed by atoms with Gasteiger partial charge in [0.1, 0.15) is 0 Å². The summed E-state index contributed by atoms with van der Waals surface area (Å²) in [7, 11) is 0. The molecule has 0 aromatic rings. The van der Waals surface area contributed by atoms with E-state index >= 15 is 0 Å². The molecule has 1 heteroatoms. The van der Waals surface area contributed by atoms with Crippen LogP contribution in [0.15, 0.2) is 11.6 Å². The molecule has 2 rings (SSSR count). The second kappa shape index (κ2) is 1.89. The summed E-state index contributed by atoms with van der Waals surface area (Å²) in [5.74, 6) is 1.21. The van der Waals surface area contributed by atoms with Gasteiger partial charge in [0.05, 0.1) is 6.10 Å². The highest BCUT2D eigenvalue weighted by atomic mass is 16.3. The third-order valence-corrected chi connectivity index (χ3v) is 3.41. The Morgan fingerprint density at radius 2 is 2.18 bits per heavy atom. The van der Waals surface area contributed by atoms with Crippen LogP contribution in [0, 0.1) is 17.3 Å². The second-order valence-corrected chi connectivity index (χ2v) is 4.66. The fourth-order valence-electron chi connectivity index (χ4n) is 2.60. The molecular formula is C10H16O. The monoisotopic (exact) mass is 152 g/mol. The molecule has 0 bridgehead atoms. The molecule has 62 valence electrons. The molecule has 0 radical (unpaired) electrons. The third kappa shape index (κ3) is 0.871. The molecule has 0 saturated heterocycles. The van der Waals surface area contributed by atoms with Crippen LogP contribution in [0.25, 0.3) is 0 Å². The molecule has 0 aromatic heterocycles. The summed E-state index contributed by atoms with van der Waals surface area (Å²) >= 11 is 0. The van der Waals surface area contributed by atoms with E-state index in [1.54, 1.807) is 0 Å². The first kappa shape index (κ1) is 7.35. The molecule has 0 amide bonds. The molecule has 0 heterocycles. The van der Waals surface area contributed by atoms with E-state index in [9.17, 15) is 5.11 Å². The Balaban J connectivity index is 2.25. The first-order valence-electron chi connectivity index (χ1n) is 4.39. The van der Waals surface area contributed by atoms with Gasteiger partial charge in [-0.15, -0.1) is 0 Å². The van der Waals surface area contributed by atoms with Gasteiger partial charge < -0.3 is 5.11 Å². The summed E-state index contributed by atoms with van der Waals surface area (Å²) in [5, 5.41) is 9.68. The minimum absolute atomic E-state index is 0.0694. The summed E-state index contributed by atoms with van der Waals surface area (Å²) in [5.41, 5.74) is 1.74. The van der Waals surface area contributed by atoms with Crippen LogP contribution in [0.3, 0.4) is 0 Å². The third-order valence-electron chi connectivity index (χ3n) is 3.41. The van der Waals surface area contributed by atoms with Crippen molar-refractivity contribution in [2.24, 2.45) is 17.3 Å². The van der Waals surface area contributed by atoms with Crippen molar-refractivity contribution in [3.05, 3.63) is 11.6 Å². The molecule has 1 saturated carbocycles. The minimum Gasteiger partial charge on any atom is -0.392 e. The number of fused-ring (bicyclic) bond motifs is 1. The summed E-state index contributed by atoms with van der Waals surface area (Å²) in [6, 6.07) is 0. The largest absolute Gasteiger partial charge is 0.392 e. The summed E-state index contributed by atoms with van der Waals surface area (Å²) in [6.07, 6.45) is 3.17. The van der Waals surface area contributed by atoms with E-state index in [2.05, 4.69) is 26.8 Å². The molecule has 0 aromatic carbocycles. The zero-order valence-corrected chi connectivity index (χ0v) is 7.46. The second-order valence-electron chi connectivity index (χ2n) is 4.66. The van der Waals surface area contributed by atoms with E-state index in [4.69, 9.17) is 0 Å². The number of hydrogen-bond acceptors (Lipinski definition) is 1. The molecule has 0 spiro atoms. The number of aliphatic hydroxyl groups excluding tert-OH is 1. The number of hydrogen-bond donors (Lipinski definition) is 1. The highest BCUT2D eigenvalue weighted by Gasteiger charge is 2.60. The average Bonchev–Trinajstić information content (AvgIpc) is 2.34. The maximum absolute atomic E-state index is 9.68. The highest BCUT2D eigenvalue weighted by molar-refractivity contribution is 5.24. The lowest BCUT2D eigenvalue weighted by Crippen LogP contribution is -2.15. The van der Waals surface area contributed by atoms with Gasteiger partial charge in [-0.3, -0.25) is 0 Å². The Labute approximate surface area is 68.1 Å². The van der Waals surface area contributed by atoms with Crippen molar-refractivity contribution < 1.29 is 5.11 Å². The van der Waals surface area contributed by atoms with E-state index in [-0.39, 0.29) is 6.10 Å². The van der Waals surface area contributed by atoms with Crippen molar-refractivity contribution in [1.29, 1.82) is 0 Å². The van der Waals surface area contributed by atoms with Crippen molar-refractivity contribution in [2.75, 3.05) is 0 Å². The zero-order valence-electron chi connectivity index (χ0n) is 7.46. The van der Waals surface area contributed by atoms with Gasteiger partial charge >= 0.3 is 0 Å². The normalized spacial score (nSPS) is 46.2. The van der Waals surface area contributed by atoms with E-state index in [1.165, 1.54) is 5.57 Å². The van der Waals surface area contributed by atoms with Crippen LogP contribution in [0.4, 0.5) is 0 Å². The molecule has 3 atom stereocenters. The van der Waals surface area contributed by atoms with Gasteiger partial charge in [-0.05, 0) is 30.6 Å². The van der Waals surface area contributed by atoms with Crippen molar-refractivity contribution in [1.82, 2.24) is 0 Å². The van der Waals surface area contributed by atoms with Gasteiger partial charge in [-0.1, -0.05) is 25.5 Å². The van der Waals surface area contributed by atoms with Crippen LogP contribution < -0.4 is 0 Å². The number of aliphatic hydroxyl groups is 1. The average molecular weight is 152 g/mol. The van der Waals surface area contributed by atoms with Crippen LogP contribution in [-0.2, 0) is 0 Å². The Hall–Kier alpha value is -0.300. The predicted molar refractivity (Wildman–Crippen MR) is 45.1 cm³/mol. The molecule has 1 fully saturated rings. The maximum atomic E-state index is 9.68. The molecule has 2 aliphatic rings. The number of rotatable bonds is 0. The molecule has 0 aliphatic heterocycles. The van der Waals surface area contributed by atoms with E-state index in [1.807, 2.05) is 0 Å². The Morgan fingerprint density at radius 3 is 2.73 bits per heavy atom. The highest BCUT2D eigenvalue weighted by Crippen LogP contribution is 2.63. The Morgan fingerprint density at radius 1 is 1.55 bits per heavy atom. The lowest BCUT2D eigenvalue weighted by Gasteiger charge is -2.14. The van der Waals surface area contributed by atoms with E-state index in [0.29, 0.717) is 17.3 Å². The summed E-state index contributed by atoms with van der Waals surface area (Å²) in [6.45, 7) is 6.62. The first-order valence-corrected chi connectivity index (χ1v) is 4.39. The summed E-state index contributed by atoms with van der Waals surface area (Å²) < 4.78 is 0. The van der Waals surface area contributed by atoms with Crippen LogP contribution in [0.2, 0.25) is 0 Å². The van der Waals surface area contributed by atoms with Gasteiger partial charge in [-0.25, -0.2) is 0 Å². The lowest BCUT2D eigenvalue weighted by atomic mass is 9.98. The topological polar surface area (TPSA) is 20.2 Å². The van der Waals surface area contributed by atoms with Crippen LogP contribution >= 0.6 is 0 Å². The SMILES string of the molecule is CC1=C[C@@H]2[C@H](C(O)C1)C2(C)C. The van der Waals surface area contributed by atoms with Gasteiger partial charge in [0.2, 0.25) is 0 Å². The Kier molecular flexibility index (Phi) is 1.26. The Bertz CT molecular complexity index is 215. The van der Waals surface area contributed by atoms with Gasteiger partial charge in [0, 0.05) is 0 Å². The van der Waals surface area contributed by atoms with Crippen molar-refractivity contribution in [2.45, 2.75) is 33.3 Å². The van der Waals surface area contributed by atoms with Crippen molar-refractivity contribution in [3.63, 3.8) is 0 Å². The van der Waals surface area contributed by atoms with Gasteiger partial charge in [0.25, 0.3) is 0 Å². The number of allylic oxidation sites excluding steroid dienone is 1. The van der Waals surface area contributed by atoms with E-state index in [0.717, 1.165) is 6.42 Å². The summed E-state index contributed by atoms with van der Waals surface area (Å²) in [4.78, 5) is 0. The fraction of sp³-hybridized carbons (Fsp3) is 0.800. The van der Waals surface area contributed by atoms with Gasteiger partial charge in [0.15, 0.2) is 0 Å². The molecular weight excluding hydrogens is 136 g/mol. The smallest absolute Gasteiger partial charge is 0.0616 e. The zero-order chi connectivity index (χ0) is 8.22. The van der Waals surface area contributed by atoms with Crippen LogP contribution in [0.5, 0.6) is 0 Å². The first-order chi connectivity index (χ1) is 5.03. The molecule has 1 N–H and O–H groups in total. The predicted octanol–water partition coefficient (Wildman–Crippen LogP) is 1.97. The standard InChI is InChI=1S/C10H16O/c1-6-4-7-9(8(11)5-6)10(7,2)3/h4,7-9,11H,5H2,1-3H3/t7-,8?,9-/m1/s1. The van der Waals surface area contributed by atoms with Gasteiger partial charge in [-0.2, -0.15) is 0 Å². The molecule has 2 aliphatic carbocycles. The van der Waals surface area contributed by atoms with Crippen LogP contribution in [0.1, 0.15) is 27.2 Å². The van der Waals surface area contributed by atoms with Crippen molar-refractivity contribution >= 4 is 0 Å². The molecule has 1 nitrogen and oxygen atoms in total. The fourth-order valence-corrected chi connectivity index (χ4v) is 2.60. The van der Waals surface area contributed by atoms with Crippen molar-refractivity contribution in [3.8, 4) is 0 Å². The minimum atomic E-state index is -0.0694. The maximum Gasteiger partial charge on any atom is 0.0616 e.